The maximum atomic E-state index is 12.5. The van der Waals surface area contributed by atoms with Gasteiger partial charge in [0.15, 0.2) is 11.6 Å². The van der Waals surface area contributed by atoms with Crippen LogP contribution in [0.3, 0.4) is 0 Å². The minimum atomic E-state index is -0.340. The summed E-state index contributed by atoms with van der Waals surface area (Å²) >= 11 is 0. The van der Waals surface area contributed by atoms with Crippen molar-refractivity contribution in [2.75, 3.05) is 138 Å². The minimum Gasteiger partial charge on any atom is -0.355 e. The van der Waals surface area contributed by atoms with Crippen LogP contribution in [0.25, 0.3) is 0 Å². The van der Waals surface area contributed by atoms with Gasteiger partial charge in [0.1, 0.15) is 23.3 Å². The zero-order valence-corrected chi connectivity index (χ0v) is 44.8. The number of aromatic nitrogens is 4. The molecule has 2 fully saturated rings. The van der Waals surface area contributed by atoms with E-state index in [2.05, 4.69) is 108 Å². The summed E-state index contributed by atoms with van der Waals surface area (Å²) in [5.41, 5.74) is 9.69. The van der Waals surface area contributed by atoms with Crippen LogP contribution in [0.2, 0.25) is 0 Å². The summed E-state index contributed by atoms with van der Waals surface area (Å²) in [5.74, 6) is 3.26. The van der Waals surface area contributed by atoms with Gasteiger partial charge in [-0.3, -0.25) is 19.3 Å². The molecule has 2 saturated heterocycles. The average Bonchev–Trinajstić information content (AvgIpc) is 3.67. The zero-order valence-electron chi connectivity index (χ0n) is 44.8. The average molecular weight is 978 g/mol. The second-order valence-electron chi connectivity index (χ2n) is 21.0. The highest BCUT2D eigenvalue weighted by atomic mass is 16.6. The van der Waals surface area contributed by atoms with Crippen molar-refractivity contribution < 1.29 is 19.3 Å². The van der Waals surface area contributed by atoms with Crippen molar-refractivity contribution in [3.63, 3.8) is 0 Å². The van der Waals surface area contributed by atoms with Crippen LogP contribution in [0.4, 0.5) is 46.5 Å². The molecule has 2 amide bonds. The first kappa shape index (κ1) is 55.6. The van der Waals surface area contributed by atoms with Crippen molar-refractivity contribution in [2.45, 2.75) is 75.2 Å². The number of amides is 2. The van der Waals surface area contributed by atoms with E-state index in [0.717, 1.165) is 101 Å². The standard InChI is InChI=1S/C27H40N8O2.C25H39N7O2/c1-8-37-32-25(36)20-11-10-19(2)22(16-20)29-23-21(17-28)24(35-13-9-12-33(6)14-15-35)31-26(30-23)34(7)18-27(3,4)5;1-18-9-10-19(23(33)29-34-7)15-20(18)26-21-16-22(32-12-8-11-30(5)13-14-32)28-24(27-21)31(6)17-25(2,3)4/h10-11,16H,8-9,12-15,18H2,1-7H3,(H,32,36)(H,29,30,31);9-10,15-16H,8,11-14,17H2,1-7H3,(H,29,33)(H,26,27,28). The molecular formula is C52H79N15O4. The molecule has 4 aromatic rings. The smallest absolute Gasteiger partial charge is 0.274 e. The van der Waals surface area contributed by atoms with Gasteiger partial charge in [-0.25, -0.2) is 11.0 Å². The highest BCUT2D eigenvalue weighted by Gasteiger charge is 2.26. The van der Waals surface area contributed by atoms with Gasteiger partial charge in [0.05, 0.1) is 13.7 Å². The normalized spacial score (nSPS) is 14.8. The summed E-state index contributed by atoms with van der Waals surface area (Å²) in [7, 11) is 9.70. The fourth-order valence-corrected chi connectivity index (χ4v) is 8.36. The summed E-state index contributed by atoms with van der Waals surface area (Å²) in [6, 6.07) is 15.2. The molecule has 0 aliphatic carbocycles. The first-order valence-corrected chi connectivity index (χ1v) is 24.6. The molecule has 0 spiro atoms. The number of benzene rings is 2. The van der Waals surface area contributed by atoms with Crippen molar-refractivity contribution in [3.05, 3.63) is 70.3 Å². The number of likely N-dealkylation sites (N-methyl/N-ethyl adjacent to an activating group) is 2. The Morgan fingerprint density at radius 1 is 0.690 bits per heavy atom. The van der Waals surface area contributed by atoms with Crippen molar-refractivity contribution in [1.82, 2.24) is 40.7 Å². The lowest BCUT2D eigenvalue weighted by atomic mass is 9.96. The van der Waals surface area contributed by atoms with Crippen LogP contribution in [0.15, 0.2) is 42.5 Å². The topological polar surface area (TPSA) is 196 Å². The van der Waals surface area contributed by atoms with Gasteiger partial charge in [0.2, 0.25) is 11.9 Å². The summed E-state index contributed by atoms with van der Waals surface area (Å²) in [4.78, 5) is 67.3. The van der Waals surface area contributed by atoms with Crippen LogP contribution in [-0.2, 0) is 9.68 Å². The second kappa shape index (κ2) is 25.2. The molecule has 0 unspecified atom stereocenters. The van der Waals surface area contributed by atoms with Crippen LogP contribution in [0.1, 0.15) is 98.7 Å². The number of hydrogen-bond donors (Lipinski definition) is 4. The fourth-order valence-electron chi connectivity index (χ4n) is 8.36. The fraction of sp³-hybridized carbons (Fsp3) is 0.558. The predicted molar refractivity (Wildman–Crippen MR) is 285 cm³/mol. The Morgan fingerprint density at radius 3 is 1.75 bits per heavy atom. The number of hydrogen-bond acceptors (Lipinski definition) is 17. The van der Waals surface area contributed by atoms with Crippen LogP contribution in [0, 0.1) is 36.0 Å². The number of nitrogens with zero attached hydrogens (tertiary/aromatic N) is 11. The van der Waals surface area contributed by atoms with Gasteiger partial charge in [-0.2, -0.15) is 25.2 Å². The maximum absolute atomic E-state index is 12.5. The lowest BCUT2D eigenvalue weighted by Gasteiger charge is -2.29. The third-order valence-electron chi connectivity index (χ3n) is 11.9. The number of anilines is 8. The van der Waals surface area contributed by atoms with E-state index in [1.54, 1.807) is 25.1 Å². The number of carbonyl (C=O) groups is 2. The van der Waals surface area contributed by atoms with Gasteiger partial charge in [0, 0.05) is 95.0 Å². The van der Waals surface area contributed by atoms with E-state index in [1.165, 1.54) is 7.11 Å². The van der Waals surface area contributed by atoms with E-state index in [9.17, 15) is 14.9 Å². The van der Waals surface area contributed by atoms with Gasteiger partial charge in [-0.05, 0) is 107 Å². The van der Waals surface area contributed by atoms with E-state index < -0.39 is 0 Å². The SMILES string of the molecule is CCONC(=O)c1ccc(C)c(Nc2nc(N(C)CC(C)(C)C)nc(N3CCCN(C)CC3)c2C#N)c1.CONC(=O)c1ccc(C)c(Nc2cc(N3CCCN(C)CC3)nc(N(C)CC(C)(C)C)n2)c1. The molecule has 19 heteroatoms. The van der Waals surface area contributed by atoms with E-state index in [4.69, 9.17) is 29.6 Å². The van der Waals surface area contributed by atoms with Crippen molar-refractivity contribution in [2.24, 2.45) is 10.8 Å². The molecule has 4 N–H and O–H groups in total. The van der Waals surface area contributed by atoms with Crippen LogP contribution < -0.4 is 41.2 Å². The summed E-state index contributed by atoms with van der Waals surface area (Å²) < 4.78 is 0. The Labute approximate surface area is 422 Å². The number of aryl methyl sites for hydroxylation is 2. The molecule has 0 saturated carbocycles. The zero-order chi connectivity index (χ0) is 52.0. The molecule has 6 rings (SSSR count). The number of hydroxylamine groups is 2. The van der Waals surface area contributed by atoms with Gasteiger partial charge in [0.25, 0.3) is 11.8 Å². The quantitative estimate of drug-likeness (QED) is 0.0876. The van der Waals surface area contributed by atoms with E-state index in [-0.39, 0.29) is 22.6 Å². The molecule has 4 heterocycles. The van der Waals surface area contributed by atoms with Gasteiger partial charge >= 0.3 is 0 Å². The Balaban J connectivity index is 0.000000265. The number of carbonyl (C=O) groups excluding carboxylic acids is 2. The highest BCUT2D eigenvalue weighted by Crippen LogP contribution is 2.33. The molecule has 0 atom stereocenters. The van der Waals surface area contributed by atoms with E-state index in [1.807, 2.05) is 57.1 Å². The molecule has 386 valence electrons. The molecule has 2 aromatic carbocycles. The molecular weight excluding hydrogens is 899 g/mol. The lowest BCUT2D eigenvalue weighted by Crippen LogP contribution is -2.33. The third kappa shape index (κ3) is 16.6. The Hall–Kier alpha value is -6.33. The first-order valence-electron chi connectivity index (χ1n) is 24.6. The molecule has 0 radical (unpaired) electrons. The highest BCUT2D eigenvalue weighted by molar-refractivity contribution is 5.95. The Morgan fingerprint density at radius 2 is 1.21 bits per heavy atom. The van der Waals surface area contributed by atoms with E-state index >= 15 is 0 Å². The van der Waals surface area contributed by atoms with Gasteiger partial charge < -0.3 is 40.0 Å². The van der Waals surface area contributed by atoms with E-state index in [0.29, 0.717) is 58.3 Å². The first-order chi connectivity index (χ1) is 33.6. The molecule has 2 aliphatic heterocycles. The molecule has 0 bridgehead atoms. The summed E-state index contributed by atoms with van der Waals surface area (Å²) in [6.45, 7) is 28.2. The van der Waals surface area contributed by atoms with Crippen molar-refractivity contribution in [1.29, 1.82) is 5.26 Å². The van der Waals surface area contributed by atoms with Crippen LogP contribution in [-0.4, -0.2) is 149 Å². The molecule has 71 heavy (non-hydrogen) atoms. The van der Waals surface area contributed by atoms with Crippen molar-refractivity contribution >= 4 is 58.4 Å². The summed E-state index contributed by atoms with van der Waals surface area (Å²) in [5, 5.41) is 17.0. The third-order valence-corrected chi connectivity index (χ3v) is 11.9. The largest absolute Gasteiger partial charge is 0.355 e. The molecule has 19 nitrogen and oxygen atoms in total. The minimum absolute atomic E-state index is 0.0317. The van der Waals surface area contributed by atoms with Crippen LogP contribution in [0.5, 0.6) is 0 Å². The molecule has 2 aliphatic rings. The lowest BCUT2D eigenvalue weighted by molar-refractivity contribution is 0.0364. The van der Waals surface area contributed by atoms with Gasteiger partial charge in [-0.1, -0.05) is 53.7 Å². The summed E-state index contributed by atoms with van der Waals surface area (Å²) in [6.07, 6.45) is 2.07. The Kier molecular flexibility index (Phi) is 19.7. The van der Waals surface area contributed by atoms with Crippen molar-refractivity contribution in [3.8, 4) is 6.07 Å². The number of nitriles is 1. The van der Waals surface area contributed by atoms with Gasteiger partial charge in [-0.15, -0.1) is 0 Å². The van der Waals surface area contributed by atoms with Crippen LogP contribution >= 0.6 is 0 Å². The second-order valence-corrected chi connectivity index (χ2v) is 21.0. The molecule has 2 aromatic heterocycles. The maximum Gasteiger partial charge on any atom is 0.274 e. The number of rotatable bonds is 15. The Bertz CT molecular complexity index is 2470. The monoisotopic (exact) mass is 978 g/mol. The number of nitrogens with one attached hydrogen (secondary N) is 4. The predicted octanol–water partition coefficient (Wildman–Crippen LogP) is 7.15.